The molecule has 0 heterocycles. The summed E-state index contributed by atoms with van der Waals surface area (Å²) in [4.78, 5) is 27.4. The molecular formula is C26H27ClN2O3. The number of ether oxygens (including phenoxy) is 1. The largest absolute Gasteiger partial charge is 0.484 e. The molecule has 3 aromatic rings. The Balaban J connectivity index is 1.64. The second-order valence-electron chi connectivity index (χ2n) is 7.45. The van der Waals surface area contributed by atoms with Crippen LogP contribution in [0.1, 0.15) is 18.1 Å². The van der Waals surface area contributed by atoms with Gasteiger partial charge >= 0.3 is 0 Å². The van der Waals surface area contributed by atoms with Gasteiger partial charge in [0.25, 0.3) is 5.91 Å². The molecule has 3 rings (SSSR count). The fourth-order valence-corrected chi connectivity index (χ4v) is 3.36. The van der Waals surface area contributed by atoms with Crippen molar-refractivity contribution in [2.45, 2.75) is 25.9 Å². The minimum Gasteiger partial charge on any atom is -0.484 e. The second-order valence-corrected chi connectivity index (χ2v) is 7.89. The Morgan fingerprint density at radius 2 is 1.53 bits per heavy atom. The number of nitrogens with one attached hydrogen (secondary N) is 1. The van der Waals surface area contributed by atoms with Crippen LogP contribution in [0.4, 0.5) is 0 Å². The topological polar surface area (TPSA) is 58.6 Å². The molecule has 1 N–H and O–H groups in total. The molecule has 0 aliphatic rings. The number of nitrogens with zero attached hydrogens (tertiary/aromatic N) is 1. The van der Waals surface area contributed by atoms with Crippen molar-refractivity contribution in [1.29, 1.82) is 0 Å². The third kappa shape index (κ3) is 7.13. The van der Waals surface area contributed by atoms with Gasteiger partial charge in [0.05, 0.1) is 0 Å². The Morgan fingerprint density at radius 3 is 2.19 bits per heavy atom. The van der Waals surface area contributed by atoms with E-state index in [9.17, 15) is 9.59 Å². The Bertz CT molecular complexity index is 995. The number of halogens is 1. The lowest BCUT2D eigenvalue weighted by Crippen LogP contribution is -2.49. The van der Waals surface area contributed by atoms with Crippen LogP contribution in [0, 0.1) is 0 Å². The second kappa shape index (κ2) is 11.9. The van der Waals surface area contributed by atoms with Gasteiger partial charge in [0.15, 0.2) is 6.61 Å². The lowest BCUT2D eigenvalue weighted by Gasteiger charge is -2.28. The molecule has 0 aliphatic heterocycles. The lowest BCUT2D eigenvalue weighted by molar-refractivity contribution is -0.142. The standard InChI is InChI=1S/C26H27ClN2O3/c1-20(26(31)28-17-16-21-8-4-2-5-9-21)29(18-22-12-14-23(27)15-13-22)25(30)19-32-24-10-6-3-7-11-24/h2-15,20H,16-19H2,1H3,(H,28,31)/t20-/m1/s1. The molecule has 2 amide bonds. The van der Waals surface area contributed by atoms with Crippen LogP contribution in [0.2, 0.25) is 5.02 Å². The van der Waals surface area contributed by atoms with Crippen LogP contribution in [-0.2, 0) is 22.6 Å². The van der Waals surface area contributed by atoms with Crippen molar-refractivity contribution >= 4 is 23.4 Å². The smallest absolute Gasteiger partial charge is 0.261 e. The number of benzene rings is 3. The normalized spacial score (nSPS) is 11.4. The van der Waals surface area contributed by atoms with Gasteiger partial charge in [-0.2, -0.15) is 0 Å². The average molecular weight is 451 g/mol. The summed E-state index contributed by atoms with van der Waals surface area (Å²) >= 11 is 5.98. The molecule has 6 heteroatoms. The van der Waals surface area contributed by atoms with Gasteiger partial charge in [-0.1, -0.05) is 72.3 Å². The van der Waals surface area contributed by atoms with Crippen LogP contribution in [0.15, 0.2) is 84.9 Å². The first-order valence-electron chi connectivity index (χ1n) is 10.6. The number of carbonyl (C=O) groups is 2. The van der Waals surface area contributed by atoms with E-state index < -0.39 is 6.04 Å². The van der Waals surface area contributed by atoms with E-state index in [1.165, 1.54) is 4.90 Å². The third-order valence-electron chi connectivity index (χ3n) is 5.09. The van der Waals surface area contributed by atoms with Crippen LogP contribution < -0.4 is 10.1 Å². The predicted octanol–water partition coefficient (Wildman–Crippen LogP) is 4.50. The first kappa shape index (κ1) is 23.4. The maximum atomic E-state index is 13.0. The molecule has 5 nitrogen and oxygen atoms in total. The summed E-state index contributed by atoms with van der Waals surface area (Å²) < 4.78 is 5.63. The molecule has 0 aliphatic carbocycles. The lowest BCUT2D eigenvalue weighted by atomic mass is 10.1. The van der Waals surface area contributed by atoms with Crippen LogP contribution in [0.25, 0.3) is 0 Å². The van der Waals surface area contributed by atoms with Gasteiger partial charge in [-0.25, -0.2) is 0 Å². The summed E-state index contributed by atoms with van der Waals surface area (Å²) in [7, 11) is 0. The summed E-state index contributed by atoms with van der Waals surface area (Å²) in [5, 5.41) is 3.56. The average Bonchev–Trinajstić information content (AvgIpc) is 2.83. The minimum absolute atomic E-state index is 0.154. The molecule has 0 bridgehead atoms. The number of hydrogen-bond acceptors (Lipinski definition) is 3. The van der Waals surface area contributed by atoms with E-state index in [2.05, 4.69) is 5.32 Å². The Morgan fingerprint density at radius 1 is 0.906 bits per heavy atom. The fraction of sp³-hybridized carbons (Fsp3) is 0.231. The van der Waals surface area contributed by atoms with E-state index in [1.807, 2.05) is 60.7 Å². The zero-order chi connectivity index (χ0) is 22.8. The van der Waals surface area contributed by atoms with Gasteiger partial charge in [0, 0.05) is 18.1 Å². The zero-order valence-electron chi connectivity index (χ0n) is 18.0. The van der Waals surface area contributed by atoms with Crippen molar-refractivity contribution in [2.75, 3.05) is 13.2 Å². The third-order valence-corrected chi connectivity index (χ3v) is 5.35. The van der Waals surface area contributed by atoms with Crippen molar-refractivity contribution in [3.05, 3.63) is 101 Å². The summed E-state index contributed by atoms with van der Waals surface area (Å²) in [5.74, 6) is 0.129. The van der Waals surface area contributed by atoms with Gasteiger partial charge in [-0.15, -0.1) is 0 Å². The first-order valence-corrected chi connectivity index (χ1v) is 10.9. The molecule has 0 spiro atoms. The Labute approximate surface area is 194 Å². The molecule has 0 aromatic heterocycles. The van der Waals surface area contributed by atoms with Crippen molar-refractivity contribution in [1.82, 2.24) is 10.2 Å². The quantitative estimate of drug-likeness (QED) is 0.495. The predicted molar refractivity (Wildman–Crippen MR) is 127 cm³/mol. The van der Waals surface area contributed by atoms with Crippen molar-refractivity contribution < 1.29 is 14.3 Å². The molecule has 0 saturated carbocycles. The van der Waals surface area contributed by atoms with Crippen LogP contribution >= 0.6 is 11.6 Å². The molecule has 1 atom stereocenters. The highest BCUT2D eigenvalue weighted by Crippen LogP contribution is 2.15. The summed E-state index contributed by atoms with van der Waals surface area (Å²) in [6.07, 6.45) is 0.724. The molecule has 3 aromatic carbocycles. The molecular weight excluding hydrogens is 424 g/mol. The highest BCUT2D eigenvalue weighted by Gasteiger charge is 2.26. The van der Waals surface area contributed by atoms with Gasteiger partial charge in [-0.05, 0) is 48.7 Å². The highest BCUT2D eigenvalue weighted by atomic mass is 35.5. The fourth-order valence-electron chi connectivity index (χ4n) is 3.24. The number of carbonyl (C=O) groups excluding carboxylic acids is 2. The first-order chi connectivity index (χ1) is 15.5. The molecule has 0 radical (unpaired) electrons. The highest BCUT2D eigenvalue weighted by molar-refractivity contribution is 6.30. The number of para-hydroxylation sites is 1. The summed E-state index contributed by atoms with van der Waals surface area (Å²) in [6, 6.07) is 25.7. The van der Waals surface area contributed by atoms with E-state index in [4.69, 9.17) is 16.3 Å². The molecule has 0 fully saturated rings. The number of hydrogen-bond donors (Lipinski definition) is 1. The van der Waals surface area contributed by atoms with Crippen molar-refractivity contribution in [3.63, 3.8) is 0 Å². The van der Waals surface area contributed by atoms with E-state index in [-0.39, 0.29) is 25.0 Å². The SMILES string of the molecule is C[C@H](C(=O)NCCc1ccccc1)N(Cc1ccc(Cl)cc1)C(=O)COc1ccccc1. The van der Waals surface area contributed by atoms with E-state index in [1.54, 1.807) is 31.2 Å². The van der Waals surface area contributed by atoms with E-state index in [0.717, 1.165) is 17.5 Å². The van der Waals surface area contributed by atoms with Crippen LogP contribution in [-0.4, -0.2) is 35.9 Å². The number of rotatable bonds is 10. The maximum absolute atomic E-state index is 13.0. The van der Waals surface area contributed by atoms with Crippen LogP contribution in [0.3, 0.4) is 0 Å². The van der Waals surface area contributed by atoms with Gasteiger partial charge in [0.1, 0.15) is 11.8 Å². The molecule has 32 heavy (non-hydrogen) atoms. The van der Waals surface area contributed by atoms with Gasteiger partial charge in [0.2, 0.25) is 5.91 Å². The summed E-state index contributed by atoms with van der Waals surface area (Å²) in [6.45, 7) is 2.35. The van der Waals surface area contributed by atoms with Gasteiger partial charge in [-0.3, -0.25) is 9.59 Å². The maximum Gasteiger partial charge on any atom is 0.261 e. The van der Waals surface area contributed by atoms with Gasteiger partial charge < -0.3 is 15.0 Å². The van der Waals surface area contributed by atoms with Crippen LogP contribution in [0.5, 0.6) is 5.75 Å². The molecule has 0 unspecified atom stereocenters. The van der Waals surface area contributed by atoms with E-state index >= 15 is 0 Å². The monoisotopic (exact) mass is 450 g/mol. The Hall–Kier alpha value is -3.31. The van der Waals surface area contributed by atoms with E-state index in [0.29, 0.717) is 17.3 Å². The van der Waals surface area contributed by atoms with Crippen molar-refractivity contribution in [2.24, 2.45) is 0 Å². The zero-order valence-corrected chi connectivity index (χ0v) is 18.8. The van der Waals surface area contributed by atoms with Crippen molar-refractivity contribution in [3.8, 4) is 5.75 Å². The molecule has 166 valence electrons. The minimum atomic E-state index is -0.659. The summed E-state index contributed by atoms with van der Waals surface area (Å²) in [5.41, 5.74) is 2.03. The number of amides is 2. The Kier molecular flexibility index (Phi) is 8.70. The molecule has 0 saturated heterocycles.